The van der Waals surface area contributed by atoms with Gasteiger partial charge in [0.2, 0.25) is 0 Å². The van der Waals surface area contributed by atoms with Crippen LogP contribution in [0.5, 0.6) is 5.75 Å². The van der Waals surface area contributed by atoms with Crippen molar-refractivity contribution >= 4 is 48.1 Å². The molecule has 234 valence electrons. The van der Waals surface area contributed by atoms with E-state index in [0.717, 1.165) is 39.1 Å². The number of Topliss-reactive ketones (excluding diaryl/α,β-unsaturated/α-hetero) is 1. The third kappa shape index (κ3) is 5.81. The second kappa shape index (κ2) is 12.0. The molecule has 0 aliphatic carbocycles. The summed E-state index contributed by atoms with van der Waals surface area (Å²) < 4.78 is 20.9. The van der Waals surface area contributed by atoms with Crippen LogP contribution in [-0.4, -0.2) is 46.1 Å². The molecule has 0 radical (unpaired) electrons. The van der Waals surface area contributed by atoms with Gasteiger partial charge < -0.3 is 20.2 Å². The van der Waals surface area contributed by atoms with Gasteiger partial charge in [0.05, 0.1) is 28.8 Å². The molecule has 0 saturated heterocycles. The summed E-state index contributed by atoms with van der Waals surface area (Å²) in [7, 11) is -1.13. The Hall–Kier alpha value is -4.47. The lowest BCUT2D eigenvalue weighted by molar-refractivity contribution is -0.581. The molecule has 10 heteroatoms. The van der Waals surface area contributed by atoms with Crippen molar-refractivity contribution in [2.45, 2.75) is 53.2 Å². The van der Waals surface area contributed by atoms with Crippen LogP contribution in [0.15, 0.2) is 71.9 Å². The normalized spacial score (nSPS) is 15.0. The summed E-state index contributed by atoms with van der Waals surface area (Å²) in [5, 5.41) is 29.6. The monoisotopic (exact) mass is 638 g/mol. The van der Waals surface area contributed by atoms with Crippen LogP contribution in [0.3, 0.4) is 0 Å². The minimum atomic E-state index is -1.13. The van der Waals surface area contributed by atoms with Gasteiger partial charge in [-0.15, -0.1) is 5.16 Å². The number of aryl methyl sites for hydroxylation is 1. The summed E-state index contributed by atoms with van der Waals surface area (Å²) in [6.45, 7) is 10.2. The molecule has 0 fully saturated rings. The number of aromatic hydroxyl groups is 1. The maximum absolute atomic E-state index is 14.2. The molecule has 0 amide bonds. The number of carbonyl (C=O) groups is 1. The molecule has 0 saturated carbocycles. The Kier molecular flexibility index (Phi) is 8.25. The largest absolute Gasteiger partial charge is 0.583 e. The van der Waals surface area contributed by atoms with Crippen molar-refractivity contribution in [3.05, 3.63) is 111 Å². The number of benzene rings is 4. The van der Waals surface area contributed by atoms with E-state index in [1.165, 1.54) is 12.1 Å². The SMILES string of the molecule is Cc1cc(C(=O)C(C)(C)C(C)[N+]2=Cc3cc(F)ccc3C2)c(O)c([C@@H](C)Nc2ccc(Cl)cc2-c2ccc3c(c2)C=NOB3O)c1. The summed E-state index contributed by atoms with van der Waals surface area (Å²) in [6.07, 6.45) is 3.46. The smallest absolute Gasteiger partial charge is 0.507 e. The van der Waals surface area contributed by atoms with E-state index in [4.69, 9.17) is 16.4 Å². The zero-order valence-corrected chi connectivity index (χ0v) is 27.1. The third-order valence-corrected chi connectivity index (χ3v) is 9.49. The van der Waals surface area contributed by atoms with Gasteiger partial charge in [-0.3, -0.25) is 4.79 Å². The van der Waals surface area contributed by atoms with E-state index in [2.05, 4.69) is 15.0 Å². The van der Waals surface area contributed by atoms with Gasteiger partial charge in [-0.1, -0.05) is 29.8 Å². The molecule has 0 aromatic heterocycles. The lowest BCUT2D eigenvalue weighted by Gasteiger charge is -2.28. The molecule has 0 bridgehead atoms. The summed E-state index contributed by atoms with van der Waals surface area (Å²) in [5.74, 6) is -0.544. The number of phenolic OH excluding ortho intramolecular Hbond substituents is 1. The molecule has 46 heavy (non-hydrogen) atoms. The van der Waals surface area contributed by atoms with Gasteiger partial charge in [0.1, 0.15) is 11.6 Å². The maximum Gasteiger partial charge on any atom is 0.583 e. The minimum absolute atomic E-state index is 0.0684. The lowest BCUT2D eigenvalue weighted by atomic mass is 9.75. The highest BCUT2D eigenvalue weighted by Gasteiger charge is 2.44. The van der Waals surface area contributed by atoms with E-state index in [-0.39, 0.29) is 29.0 Å². The molecular weight excluding hydrogens is 604 g/mol. The molecule has 4 aromatic rings. The van der Waals surface area contributed by atoms with Crippen molar-refractivity contribution < 1.29 is 28.6 Å². The van der Waals surface area contributed by atoms with Gasteiger partial charge in [-0.05, 0) is 99.8 Å². The van der Waals surface area contributed by atoms with Crippen molar-refractivity contribution in [1.82, 2.24) is 0 Å². The molecule has 3 N–H and O–H groups in total. The number of nitrogens with one attached hydrogen (secondary N) is 1. The van der Waals surface area contributed by atoms with Crippen LogP contribution in [0.1, 0.15) is 71.9 Å². The number of phenols is 1. The molecule has 1 unspecified atom stereocenters. The average molecular weight is 639 g/mol. The molecular formula is C36H35BClFN3O4+. The highest BCUT2D eigenvalue weighted by Crippen LogP contribution is 2.39. The fraction of sp³-hybridized carbons (Fsp3) is 0.250. The Morgan fingerprint density at radius 3 is 2.65 bits per heavy atom. The van der Waals surface area contributed by atoms with Crippen molar-refractivity contribution in [3.8, 4) is 16.9 Å². The minimum Gasteiger partial charge on any atom is -0.507 e. The number of nitrogens with zero attached hydrogens (tertiary/aromatic N) is 2. The lowest BCUT2D eigenvalue weighted by Crippen LogP contribution is -2.42. The van der Waals surface area contributed by atoms with Gasteiger partial charge in [0.15, 0.2) is 24.6 Å². The summed E-state index contributed by atoms with van der Waals surface area (Å²) in [4.78, 5) is 14.2. The van der Waals surface area contributed by atoms with Crippen LogP contribution in [0.2, 0.25) is 5.02 Å². The van der Waals surface area contributed by atoms with E-state index < -0.39 is 18.6 Å². The Balaban J connectivity index is 1.29. The van der Waals surface area contributed by atoms with Gasteiger partial charge in [0.25, 0.3) is 0 Å². The first-order valence-electron chi connectivity index (χ1n) is 15.2. The van der Waals surface area contributed by atoms with Crippen LogP contribution < -0.4 is 10.8 Å². The highest BCUT2D eigenvalue weighted by molar-refractivity contribution is 6.62. The zero-order chi connectivity index (χ0) is 32.9. The van der Waals surface area contributed by atoms with E-state index in [1.54, 1.807) is 30.5 Å². The van der Waals surface area contributed by atoms with Crippen LogP contribution in [0.25, 0.3) is 11.1 Å². The van der Waals surface area contributed by atoms with Gasteiger partial charge >= 0.3 is 7.12 Å². The van der Waals surface area contributed by atoms with Crippen LogP contribution in [-0.2, 0) is 11.3 Å². The fourth-order valence-corrected chi connectivity index (χ4v) is 6.41. The standard InChI is InChI=1S/C36H34BClFN3O4/c1-20-12-29(21(2)41-33-11-8-27(38)16-30(33)23-7-10-32-25(14-23)17-40-46-37(32)45)34(43)31(13-20)35(44)36(4,5)22(3)42-18-24-6-9-28(39)15-26(24)19-42/h6-17,19,21-22,41,45H,18H2,1-5H3/p+1/t21-,22?/m1/s1. The topological polar surface area (TPSA) is 94.2 Å². The molecule has 2 aliphatic rings. The number of rotatable bonds is 8. The molecule has 2 heterocycles. The Bertz CT molecular complexity index is 1940. The van der Waals surface area contributed by atoms with Crippen molar-refractivity contribution in [3.63, 3.8) is 0 Å². The number of hydrogen-bond donors (Lipinski definition) is 3. The number of fused-ring (bicyclic) bond motifs is 2. The van der Waals surface area contributed by atoms with Gasteiger partial charge in [-0.25, -0.2) is 8.97 Å². The van der Waals surface area contributed by atoms with Crippen molar-refractivity contribution in [1.29, 1.82) is 0 Å². The van der Waals surface area contributed by atoms with E-state index in [9.17, 15) is 19.3 Å². The third-order valence-electron chi connectivity index (χ3n) is 9.26. The van der Waals surface area contributed by atoms with Crippen LogP contribution in [0, 0.1) is 18.2 Å². The fourth-order valence-electron chi connectivity index (χ4n) is 6.23. The second-order valence-electron chi connectivity index (χ2n) is 12.7. The Labute approximate surface area is 273 Å². The summed E-state index contributed by atoms with van der Waals surface area (Å²) in [6, 6.07) is 18.8. The first-order valence-corrected chi connectivity index (χ1v) is 15.6. The predicted octanol–water partition coefficient (Wildman–Crippen LogP) is 6.63. The first kappa shape index (κ1) is 31.5. The number of hydrogen-bond acceptors (Lipinski definition) is 6. The molecule has 4 aromatic carbocycles. The molecule has 7 nitrogen and oxygen atoms in total. The Morgan fingerprint density at radius 2 is 1.87 bits per heavy atom. The maximum atomic E-state index is 14.2. The molecule has 2 atom stereocenters. The van der Waals surface area contributed by atoms with E-state index in [1.807, 2.05) is 71.2 Å². The summed E-state index contributed by atoms with van der Waals surface area (Å²) >= 11 is 6.42. The quantitative estimate of drug-likeness (QED) is 0.115. The number of ketones is 1. The van der Waals surface area contributed by atoms with Crippen LogP contribution in [0.4, 0.5) is 10.1 Å². The number of oxime groups is 1. The van der Waals surface area contributed by atoms with Gasteiger partial charge in [-0.2, -0.15) is 0 Å². The predicted molar refractivity (Wildman–Crippen MR) is 181 cm³/mol. The van der Waals surface area contributed by atoms with Crippen LogP contribution >= 0.6 is 11.6 Å². The summed E-state index contributed by atoms with van der Waals surface area (Å²) in [5.41, 5.74) is 6.40. The molecule has 6 rings (SSSR count). The average Bonchev–Trinajstić information content (AvgIpc) is 3.45. The van der Waals surface area contributed by atoms with E-state index in [0.29, 0.717) is 22.6 Å². The Morgan fingerprint density at radius 1 is 1.09 bits per heavy atom. The number of halogens is 2. The first-order chi connectivity index (χ1) is 21.8. The highest BCUT2D eigenvalue weighted by atomic mass is 35.5. The molecule has 0 spiro atoms. The van der Waals surface area contributed by atoms with E-state index >= 15 is 0 Å². The zero-order valence-electron chi connectivity index (χ0n) is 26.3. The van der Waals surface area contributed by atoms with Crippen molar-refractivity contribution in [2.24, 2.45) is 10.6 Å². The van der Waals surface area contributed by atoms with Gasteiger partial charge in [0, 0.05) is 32.9 Å². The molecule has 2 aliphatic heterocycles. The number of carbonyl (C=O) groups excluding carboxylic acids is 1. The van der Waals surface area contributed by atoms with Crippen molar-refractivity contribution in [2.75, 3.05) is 5.32 Å². The number of anilines is 1. The second-order valence-corrected chi connectivity index (χ2v) is 13.2.